The predicted molar refractivity (Wildman–Crippen MR) is 78.7 cm³/mol. The van der Waals surface area contributed by atoms with E-state index < -0.39 is 18.0 Å². The van der Waals surface area contributed by atoms with E-state index in [4.69, 9.17) is 9.47 Å². The van der Waals surface area contributed by atoms with Crippen molar-refractivity contribution in [2.24, 2.45) is 0 Å². The molecule has 21 heavy (non-hydrogen) atoms. The molecule has 6 nitrogen and oxygen atoms in total. The zero-order chi connectivity index (χ0) is 16.0. The van der Waals surface area contributed by atoms with Crippen molar-refractivity contribution in [2.45, 2.75) is 71.0 Å². The first-order valence-corrected chi connectivity index (χ1v) is 7.69. The molecule has 0 saturated carbocycles. The molecule has 124 valence electrons. The van der Waals surface area contributed by atoms with Crippen LogP contribution in [-0.4, -0.2) is 64.8 Å². The fourth-order valence-corrected chi connectivity index (χ4v) is 2.49. The number of unbranched alkanes of at least 4 members (excludes halogenated alkanes) is 1. The molecule has 1 rings (SSSR count). The predicted octanol–water partition coefficient (Wildman–Crippen LogP) is 0.898. The Morgan fingerprint density at radius 2 is 2.00 bits per heavy atom. The molecule has 1 heterocycles. The third kappa shape index (κ3) is 6.30. The second kappa shape index (κ2) is 8.08. The van der Waals surface area contributed by atoms with Gasteiger partial charge in [0.2, 0.25) is 5.79 Å². The number of cyclic esters (lactones) is 1. The van der Waals surface area contributed by atoms with E-state index in [2.05, 4.69) is 4.90 Å². The Labute approximate surface area is 127 Å². The van der Waals surface area contributed by atoms with E-state index in [9.17, 15) is 15.0 Å². The maximum absolute atomic E-state index is 11.6. The lowest BCUT2D eigenvalue weighted by Gasteiger charge is -2.29. The van der Waals surface area contributed by atoms with Crippen molar-refractivity contribution in [3.63, 3.8) is 0 Å². The van der Waals surface area contributed by atoms with Crippen molar-refractivity contribution in [2.75, 3.05) is 19.7 Å². The maximum atomic E-state index is 11.6. The highest BCUT2D eigenvalue weighted by atomic mass is 16.8. The monoisotopic (exact) mass is 303 g/mol. The number of rotatable bonds is 9. The van der Waals surface area contributed by atoms with Gasteiger partial charge in [-0.1, -0.05) is 0 Å². The van der Waals surface area contributed by atoms with E-state index in [1.54, 1.807) is 20.8 Å². The molecule has 1 saturated heterocycles. The minimum atomic E-state index is -0.814. The van der Waals surface area contributed by atoms with Crippen LogP contribution in [0.1, 0.15) is 47.0 Å². The van der Waals surface area contributed by atoms with Crippen molar-refractivity contribution in [3.8, 4) is 0 Å². The fourth-order valence-electron chi connectivity index (χ4n) is 2.49. The Bertz CT molecular complexity index is 332. The lowest BCUT2D eigenvalue weighted by molar-refractivity contribution is -0.160. The third-order valence-electron chi connectivity index (χ3n) is 3.58. The molecule has 0 radical (unpaired) electrons. The van der Waals surface area contributed by atoms with Gasteiger partial charge in [0, 0.05) is 26.4 Å². The van der Waals surface area contributed by atoms with Crippen LogP contribution in [0.4, 0.5) is 0 Å². The molecule has 0 bridgehead atoms. The van der Waals surface area contributed by atoms with Crippen LogP contribution in [0.5, 0.6) is 0 Å². The number of hydrogen-bond acceptors (Lipinski definition) is 6. The van der Waals surface area contributed by atoms with Gasteiger partial charge < -0.3 is 19.7 Å². The number of hydrogen-bond donors (Lipinski definition) is 2. The Kier molecular flexibility index (Phi) is 7.06. The van der Waals surface area contributed by atoms with E-state index in [1.165, 1.54) is 0 Å². The van der Waals surface area contributed by atoms with Gasteiger partial charge in [-0.3, -0.25) is 4.90 Å². The second-order valence-corrected chi connectivity index (χ2v) is 6.30. The molecular formula is C15H29NO5. The number of ether oxygens (including phenoxy) is 2. The van der Waals surface area contributed by atoms with Crippen molar-refractivity contribution < 1.29 is 24.5 Å². The standard InChI is InChI=1S/C15H29NO5/c1-11(10-17)16(9-12(2)18)8-6-5-7-13-14(19)21-15(3,4)20-13/h11-13,17-18H,5-10H2,1-4H3. The molecule has 0 aromatic rings. The minimum Gasteiger partial charge on any atom is -0.432 e. The molecule has 2 N–H and O–H groups in total. The molecular weight excluding hydrogens is 274 g/mol. The average Bonchev–Trinajstić information content (AvgIpc) is 2.64. The molecule has 1 fully saturated rings. The number of esters is 1. The highest BCUT2D eigenvalue weighted by Crippen LogP contribution is 2.26. The van der Waals surface area contributed by atoms with Crippen LogP contribution in [-0.2, 0) is 14.3 Å². The first-order chi connectivity index (χ1) is 9.75. The second-order valence-electron chi connectivity index (χ2n) is 6.30. The lowest BCUT2D eigenvalue weighted by Crippen LogP contribution is -2.40. The summed E-state index contributed by atoms with van der Waals surface area (Å²) < 4.78 is 10.6. The van der Waals surface area contributed by atoms with E-state index in [0.29, 0.717) is 13.0 Å². The normalized spacial score (nSPS) is 24.1. The molecule has 1 aliphatic heterocycles. The fraction of sp³-hybridized carbons (Fsp3) is 0.933. The summed E-state index contributed by atoms with van der Waals surface area (Å²) in [6.45, 7) is 8.52. The highest BCUT2D eigenvalue weighted by molar-refractivity contribution is 5.76. The topological polar surface area (TPSA) is 79.2 Å². The van der Waals surface area contributed by atoms with Crippen molar-refractivity contribution >= 4 is 5.97 Å². The largest absolute Gasteiger partial charge is 0.432 e. The average molecular weight is 303 g/mol. The summed E-state index contributed by atoms with van der Waals surface area (Å²) in [5.74, 6) is -1.10. The van der Waals surface area contributed by atoms with Crippen LogP contribution in [0.3, 0.4) is 0 Å². The third-order valence-corrected chi connectivity index (χ3v) is 3.58. The van der Waals surface area contributed by atoms with Crippen LogP contribution >= 0.6 is 0 Å². The van der Waals surface area contributed by atoms with Crippen LogP contribution in [0.2, 0.25) is 0 Å². The molecule has 1 aliphatic rings. The molecule has 0 aliphatic carbocycles. The van der Waals surface area contributed by atoms with Crippen LogP contribution in [0.15, 0.2) is 0 Å². The van der Waals surface area contributed by atoms with Gasteiger partial charge in [0.1, 0.15) is 0 Å². The van der Waals surface area contributed by atoms with E-state index in [0.717, 1.165) is 19.4 Å². The summed E-state index contributed by atoms with van der Waals surface area (Å²) in [6.07, 6.45) is 1.46. The number of carbonyl (C=O) groups excluding carboxylic acids is 1. The van der Waals surface area contributed by atoms with Gasteiger partial charge in [0.05, 0.1) is 12.7 Å². The summed E-state index contributed by atoms with van der Waals surface area (Å²) in [7, 11) is 0. The summed E-state index contributed by atoms with van der Waals surface area (Å²) in [6, 6.07) is 0.0197. The molecule has 3 atom stereocenters. The summed E-state index contributed by atoms with van der Waals surface area (Å²) in [4.78, 5) is 13.7. The molecule has 0 spiro atoms. The van der Waals surface area contributed by atoms with Crippen molar-refractivity contribution in [3.05, 3.63) is 0 Å². The van der Waals surface area contributed by atoms with Gasteiger partial charge in [-0.25, -0.2) is 4.79 Å². The zero-order valence-electron chi connectivity index (χ0n) is 13.5. The molecule has 0 aromatic heterocycles. The number of nitrogens with zero attached hydrogens (tertiary/aromatic N) is 1. The van der Waals surface area contributed by atoms with Gasteiger partial charge >= 0.3 is 5.97 Å². The zero-order valence-corrected chi connectivity index (χ0v) is 13.5. The molecule has 0 aromatic carbocycles. The van der Waals surface area contributed by atoms with Crippen molar-refractivity contribution in [1.82, 2.24) is 4.90 Å². The highest BCUT2D eigenvalue weighted by Gasteiger charge is 2.40. The van der Waals surface area contributed by atoms with E-state index >= 15 is 0 Å². The maximum Gasteiger partial charge on any atom is 0.337 e. The Morgan fingerprint density at radius 3 is 2.48 bits per heavy atom. The van der Waals surface area contributed by atoms with Gasteiger partial charge in [-0.05, 0) is 39.7 Å². The first kappa shape index (κ1) is 18.4. The minimum absolute atomic E-state index is 0.0197. The van der Waals surface area contributed by atoms with Gasteiger partial charge in [0.25, 0.3) is 0 Å². The summed E-state index contributed by atoms with van der Waals surface area (Å²) in [5.41, 5.74) is 0. The Balaban J connectivity index is 2.29. The first-order valence-electron chi connectivity index (χ1n) is 7.69. The Morgan fingerprint density at radius 1 is 1.33 bits per heavy atom. The number of aliphatic hydroxyl groups excluding tert-OH is 2. The summed E-state index contributed by atoms with van der Waals surface area (Å²) >= 11 is 0. The van der Waals surface area contributed by atoms with E-state index in [-0.39, 0.29) is 18.6 Å². The smallest absolute Gasteiger partial charge is 0.337 e. The Hall–Kier alpha value is -0.690. The van der Waals surface area contributed by atoms with Crippen LogP contribution in [0, 0.1) is 0 Å². The molecule has 3 unspecified atom stereocenters. The van der Waals surface area contributed by atoms with E-state index in [1.807, 2.05) is 6.92 Å². The number of aliphatic hydroxyl groups is 2. The van der Waals surface area contributed by atoms with Crippen LogP contribution < -0.4 is 0 Å². The SMILES string of the molecule is CC(O)CN(CCCCC1OC(C)(C)OC1=O)C(C)CO. The van der Waals surface area contributed by atoms with Gasteiger partial charge in [0.15, 0.2) is 6.10 Å². The lowest BCUT2D eigenvalue weighted by atomic mass is 10.1. The molecule has 6 heteroatoms. The van der Waals surface area contributed by atoms with Gasteiger partial charge in [-0.15, -0.1) is 0 Å². The quantitative estimate of drug-likeness (QED) is 0.487. The van der Waals surface area contributed by atoms with Gasteiger partial charge in [-0.2, -0.15) is 0 Å². The van der Waals surface area contributed by atoms with Crippen molar-refractivity contribution in [1.29, 1.82) is 0 Å². The summed E-state index contributed by atoms with van der Waals surface area (Å²) in [5, 5.41) is 18.7. The molecule has 0 amide bonds. The number of carbonyl (C=O) groups is 1. The van der Waals surface area contributed by atoms with Crippen LogP contribution in [0.25, 0.3) is 0 Å².